The maximum absolute atomic E-state index is 10.5. The van der Waals surface area contributed by atoms with Crippen LogP contribution in [0.3, 0.4) is 0 Å². The summed E-state index contributed by atoms with van der Waals surface area (Å²) in [6, 6.07) is 13.6. The molecule has 25 heavy (non-hydrogen) atoms. The van der Waals surface area contributed by atoms with Crippen molar-refractivity contribution in [2.45, 2.75) is 0 Å². The minimum absolute atomic E-state index is 0.481. The topological polar surface area (TPSA) is 93.1 Å². The van der Waals surface area contributed by atoms with Gasteiger partial charge in [0.15, 0.2) is 0 Å². The van der Waals surface area contributed by atoms with E-state index in [0.29, 0.717) is 22.6 Å². The van der Waals surface area contributed by atoms with Gasteiger partial charge in [-0.05, 0) is 47.5 Å². The van der Waals surface area contributed by atoms with Crippen molar-refractivity contribution in [1.82, 2.24) is 0 Å². The summed E-state index contributed by atoms with van der Waals surface area (Å²) in [6.07, 6.45) is 4.98. The molecule has 2 N–H and O–H groups in total. The molecule has 0 aliphatic rings. The molecular formula is C18H14BO6. The van der Waals surface area contributed by atoms with Crippen molar-refractivity contribution in [2.75, 3.05) is 0 Å². The van der Waals surface area contributed by atoms with Gasteiger partial charge in [0, 0.05) is 12.2 Å². The van der Waals surface area contributed by atoms with Crippen LogP contribution >= 0.6 is 0 Å². The van der Waals surface area contributed by atoms with E-state index in [0.717, 1.165) is 19.8 Å². The van der Waals surface area contributed by atoms with Crippen molar-refractivity contribution in [1.29, 1.82) is 0 Å². The Morgan fingerprint density at radius 3 is 1.64 bits per heavy atom. The minimum atomic E-state index is -1.03. The van der Waals surface area contributed by atoms with Gasteiger partial charge in [0.05, 0.1) is 0 Å². The van der Waals surface area contributed by atoms with Crippen molar-refractivity contribution in [2.24, 2.45) is 0 Å². The average molecular weight is 337 g/mol. The minimum Gasteiger partial charge on any atom is -0.526 e. The zero-order chi connectivity index (χ0) is 18.1. The van der Waals surface area contributed by atoms with Gasteiger partial charge < -0.3 is 19.5 Å². The van der Waals surface area contributed by atoms with Crippen molar-refractivity contribution in [3.05, 3.63) is 71.8 Å². The van der Waals surface area contributed by atoms with Crippen molar-refractivity contribution < 1.29 is 29.1 Å². The monoisotopic (exact) mass is 337 g/mol. The molecule has 125 valence electrons. The largest absolute Gasteiger partial charge is 0.658 e. The third kappa shape index (κ3) is 6.66. The molecule has 0 unspecified atom stereocenters. The van der Waals surface area contributed by atoms with Gasteiger partial charge in [-0.1, -0.05) is 24.3 Å². The zero-order valence-electron chi connectivity index (χ0n) is 13.0. The molecule has 0 bridgehead atoms. The second-order valence-corrected chi connectivity index (χ2v) is 4.82. The highest BCUT2D eigenvalue weighted by molar-refractivity contribution is 6.20. The summed E-state index contributed by atoms with van der Waals surface area (Å²) in [5.41, 5.74) is 1.35. The number of hydrogen-bond acceptors (Lipinski definition) is 4. The van der Waals surface area contributed by atoms with E-state index in [2.05, 4.69) is 0 Å². The first-order valence-electron chi connectivity index (χ1n) is 7.20. The van der Waals surface area contributed by atoms with Gasteiger partial charge in [0.2, 0.25) is 0 Å². The number of carboxylic acids is 2. The van der Waals surface area contributed by atoms with E-state index in [1.165, 1.54) is 12.2 Å². The first kappa shape index (κ1) is 17.9. The van der Waals surface area contributed by atoms with E-state index >= 15 is 0 Å². The fourth-order valence-electron chi connectivity index (χ4n) is 1.85. The molecule has 2 aromatic rings. The molecular weight excluding hydrogens is 323 g/mol. The van der Waals surface area contributed by atoms with Gasteiger partial charge in [-0.25, -0.2) is 9.59 Å². The Labute approximate surface area is 144 Å². The lowest BCUT2D eigenvalue weighted by Crippen LogP contribution is -2.10. The van der Waals surface area contributed by atoms with Crippen LogP contribution in [0.2, 0.25) is 0 Å². The normalized spacial score (nSPS) is 10.7. The molecule has 0 spiro atoms. The molecule has 6 nitrogen and oxygen atoms in total. The summed E-state index contributed by atoms with van der Waals surface area (Å²) in [7, 11) is 1.14. The van der Waals surface area contributed by atoms with Crippen LogP contribution in [0, 0.1) is 0 Å². The second kappa shape index (κ2) is 8.98. The van der Waals surface area contributed by atoms with Crippen molar-refractivity contribution in [3.8, 4) is 11.5 Å². The first-order chi connectivity index (χ1) is 12.0. The third-order valence-corrected chi connectivity index (χ3v) is 2.92. The summed E-state index contributed by atoms with van der Waals surface area (Å²) in [5.74, 6) is -1.10. The van der Waals surface area contributed by atoms with Crippen LogP contribution in [-0.2, 0) is 9.59 Å². The molecule has 0 fully saturated rings. The summed E-state index contributed by atoms with van der Waals surface area (Å²) in [6.45, 7) is 0. The third-order valence-electron chi connectivity index (χ3n) is 2.92. The van der Waals surface area contributed by atoms with Crippen LogP contribution in [0.25, 0.3) is 12.2 Å². The standard InChI is InChI=1S/C18H14BO6/c20-17(21)9-7-13-3-1-5-15(11-13)24-19-25-16-6-2-4-14(12-16)8-10-18(22)23/h1-12H,(H,20,21)(H,22,23). The summed E-state index contributed by atoms with van der Waals surface area (Å²) < 4.78 is 10.7. The summed E-state index contributed by atoms with van der Waals surface area (Å²) >= 11 is 0. The predicted molar refractivity (Wildman–Crippen MR) is 93.2 cm³/mol. The average Bonchev–Trinajstić information content (AvgIpc) is 2.59. The number of carbonyl (C=O) groups is 2. The second-order valence-electron chi connectivity index (χ2n) is 4.82. The van der Waals surface area contributed by atoms with Crippen LogP contribution in [-0.4, -0.2) is 29.8 Å². The van der Waals surface area contributed by atoms with Crippen molar-refractivity contribution >= 4 is 31.8 Å². The molecule has 0 amide bonds. The SMILES string of the molecule is O=C(O)C=Cc1cccc(O[B]Oc2cccc(C=CC(=O)O)c2)c1. The molecule has 1 radical (unpaired) electrons. The molecule has 0 aromatic heterocycles. The fourth-order valence-corrected chi connectivity index (χ4v) is 1.85. The Hall–Kier alpha value is -3.48. The van der Waals surface area contributed by atoms with Crippen LogP contribution in [0.5, 0.6) is 11.5 Å². The smallest absolute Gasteiger partial charge is 0.526 e. The molecule has 0 saturated heterocycles. The lowest BCUT2D eigenvalue weighted by molar-refractivity contribution is -0.132. The van der Waals surface area contributed by atoms with Gasteiger partial charge in [0.1, 0.15) is 11.5 Å². The lowest BCUT2D eigenvalue weighted by atomic mass is 10.2. The van der Waals surface area contributed by atoms with E-state index in [4.69, 9.17) is 19.5 Å². The lowest BCUT2D eigenvalue weighted by Gasteiger charge is -2.07. The van der Waals surface area contributed by atoms with E-state index < -0.39 is 11.9 Å². The van der Waals surface area contributed by atoms with Gasteiger partial charge in [0.25, 0.3) is 0 Å². The number of hydrogen-bond donors (Lipinski definition) is 2. The number of aliphatic carboxylic acids is 2. The quantitative estimate of drug-likeness (QED) is 0.568. The highest BCUT2D eigenvalue weighted by Gasteiger charge is 2.03. The van der Waals surface area contributed by atoms with E-state index in [1.54, 1.807) is 48.5 Å². The maximum Gasteiger partial charge on any atom is 0.658 e. The molecule has 0 heterocycles. The summed E-state index contributed by atoms with van der Waals surface area (Å²) in [4.78, 5) is 21.0. The maximum atomic E-state index is 10.5. The van der Waals surface area contributed by atoms with Gasteiger partial charge >= 0.3 is 19.6 Å². The van der Waals surface area contributed by atoms with E-state index in [1.807, 2.05) is 0 Å². The van der Waals surface area contributed by atoms with Gasteiger partial charge in [-0.3, -0.25) is 0 Å². The van der Waals surface area contributed by atoms with Crippen LogP contribution in [0.1, 0.15) is 11.1 Å². The molecule has 0 atom stereocenters. The van der Waals surface area contributed by atoms with Crippen molar-refractivity contribution in [3.63, 3.8) is 0 Å². The highest BCUT2D eigenvalue weighted by atomic mass is 16.6. The Bertz CT molecular complexity index is 745. The Kier molecular flexibility index (Phi) is 6.42. The first-order valence-corrected chi connectivity index (χ1v) is 7.20. The fraction of sp³-hybridized carbons (Fsp3) is 0. The van der Waals surface area contributed by atoms with Crippen LogP contribution in [0.15, 0.2) is 60.7 Å². The number of carboxylic acid groups (broad SMARTS) is 2. The Balaban J connectivity index is 1.92. The molecule has 0 saturated carbocycles. The Morgan fingerprint density at radius 1 is 0.800 bits per heavy atom. The molecule has 0 aliphatic carbocycles. The Morgan fingerprint density at radius 2 is 1.24 bits per heavy atom. The van der Waals surface area contributed by atoms with E-state index in [-0.39, 0.29) is 0 Å². The zero-order valence-corrected chi connectivity index (χ0v) is 13.0. The molecule has 0 aliphatic heterocycles. The molecule has 7 heteroatoms. The predicted octanol–water partition coefficient (Wildman–Crippen LogP) is 2.87. The van der Waals surface area contributed by atoms with Crippen LogP contribution in [0.4, 0.5) is 0 Å². The summed E-state index contributed by atoms with van der Waals surface area (Å²) in [5, 5.41) is 17.2. The molecule has 2 aromatic carbocycles. The number of benzene rings is 2. The van der Waals surface area contributed by atoms with Gasteiger partial charge in [-0.15, -0.1) is 0 Å². The van der Waals surface area contributed by atoms with Crippen LogP contribution < -0.4 is 9.31 Å². The number of rotatable bonds is 8. The van der Waals surface area contributed by atoms with Gasteiger partial charge in [-0.2, -0.15) is 0 Å². The van der Waals surface area contributed by atoms with E-state index in [9.17, 15) is 9.59 Å². The molecule has 2 rings (SSSR count). The highest BCUT2D eigenvalue weighted by Crippen LogP contribution is 2.16.